The molecule has 0 saturated carbocycles. The van der Waals surface area contributed by atoms with Crippen molar-refractivity contribution in [1.82, 2.24) is 0 Å². The summed E-state index contributed by atoms with van der Waals surface area (Å²) in [6, 6.07) is 0. The Hall–Kier alpha value is 1.62. The van der Waals surface area contributed by atoms with Crippen LogP contribution in [0.4, 0.5) is 0 Å². The van der Waals surface area contributed by atoms with Gasteiger partial charge in [0.2, 0.25) is 0 Å². The van der Waals surface area contributed by atoms with E-state index in [0.717, 1.165) is 12.8 Å². The van der Waals surface area contributed by atoms with Crippen LogP contribution < -0.4 is 0 Å². The molecule has 1 atom stereocenters. The van der Waals surface area contributed by atoms with Gasteiger partial charge in [0, 0.05) is 55.9 Å². The summed E-state index contributed by atoms with van der Waals surface area (Å²) >= 11 is 0. The molecule has 0 aromatic heterocycles. The second-order valence-electron chi connectivity index (χ2n) is 2.67. The van der Waals surface area contributed by atoms with Gasteiger partial charge >= 0.3 is 8.25 Å². The van der Waals surface area contributed by atoms with Crippen LogP contribution in [0.1, 0.15) is 32.6 Å². The molecule has 0 aliphatic rings. The Morgan fingerprint density at radius 3 is 2.36 bits per heavy atom. The van der Waals surface area contributed by atoms with Crippen molar-refractivity contribution >= 4 is 59.6 Å². The van der Waals surface area contributed by atoms with E-state index in [1.54, 1.807) is 0 Å². The van der Waals surface area contributed by atoms with Gasteiger partial charge in [0.25, 0.3) is 0 Å². The van der Waals surface area contributed by atoms with E-state index in [2.05, 4.69) is 11.4 Å². The molecule has 4 nitrogen and oxygen atoms in total. The second kappa shape index (κ2) is 14.6. The Morgan fingerprint density at radius 1 is 1.14 bits per heavy atom. The SMILES string of the molecule is CCCCCCO[P+](=O)OCCO.[K]. The molecule has 0 bridgehead atoms. The number of hydrogen-bond donors (Lipinski definition) is 1. The summed E-state index contributed by atoms with van der Waals surface area (Å²) in [5, 5.41) is 8.35. The molecule has 0 aromatic carbocycles. The van der Waals surface area contributed by atoms with Crippen LogP contribution in [-0.2, 0) is 13.6 Å². The molecule has 0 rings (SSSR count). The third-order valence-electron chi connectivity index (χ3n) is 1.48. The average Bonchev–Trinajstić information content (AvgIpc) is 2.14. The van der Waals surface area contributed by atoms with Crippen molar-refractivity contribution < 1.29 is 18.7 Å². The van der Waals surface area contributed by atoms with Crippen molar-refractivity contribution in [1.29, 1.82) is 0 Å². The van der Waals surface area contributed by atoms with Gasteiger partial charge in [-0.25, -0.2) is 0 Å². The van der Waals surface area contributed by atoms with Crippen molar-refractivity contribution in [3.63, 3.8) is 0 Å². The van der Waals surface area contributed by atoms with Gasteiger partial charge in [-0.05, 0) is 6.42 Å². The number of aliphatic hydroxyl groups excluding tert-OH is 1. The molecule has 6 heteroatoms. The molecule has 0 saturated heterocycles. The van der Waals surface area contributed by atoms with Crippen LogP contribution in [0.25, 0.3) is 0 Å². The first-order chi connectivity index (χ1) is 6.31. The van der Waals surface area contributed by atoms with Gasteiger partial charge in [-0.3, -0.25) is 0 Å². The summed E-state index contributed by atoms with van der Waals surface area (Å²) in [6.45, 7) is 2.55. The van der Waals surface area contributed by atoms with E-state index in [-0.39, 0.29) is 64.6 Å². The fraction of sp³-hybridized carbons (Fsp3) is 1.00. The molecule has 0 heterocycles. The summed E-state index contributed by atoms with van der Waals surface area (Å²) in [7, 11) is -2.02. The Balaban J connectivity index is 0. The number of hydrogen-bond acceptors (Lipinski definition) is 4. The maximum absolute atomic E-state index is 10.8. The van der Waals surface area contributed by atoms with Gasteiger partial charge in [-0.15, -0.1) is 9.05 Å². The van der Waals surface area contributed by atoms with Gasteiger partial charge in [0.05, 0.1) is 6.61 Å². The zero-order valence-corrected chi connectivity index (χ0v) is 13.1. The first kappa shape index (κ1) is 18.0. The quantitative estimate of drug-likeness (QED) is 0.384. The van der Waals surface area contributed by atoms with Crippen molar-refractivity contribution in [2.24, 2.45) is 0 Å². The summed E-state index contributed by atoms with van der Waals surface area (Å²) in [5.74, 6) is 0. The van der Waals surface area contributed by atoms with Crippen LogP contribution in [0.2, 0.25) is 0 Å². The minimum atomic E-state index is -2.02. The Labute approximate surface area is 129 Å². The molecule has 79 valence electrons. The molecule has 1 unspecified atom stereocenters. The second-order valence-corrected chi connectivity index (χ2v) is 3.64. The molecule has 0 amide bonds. The van der Waals surface area contributed by atoms with Gasteiger partial charge < -0.3 is 5.11 Å². The third-order valence-corrected chi connectivity index (χ3v) is 2.27. The van der Waals surface area contributed by atoms with Gasteiger partial charge in [0.1, 0.15) is 13.2 Å². The van der Waals surface area contributed by atoms with Crippen molar-refractivity contribution in [3.8, 4) is 0 Å². The fourth-order valence-electron chi connectivity index (χ4n) is 0.821. The molecule has 0 aromatic rings. The predicted octanol–water partition coefficient (Wildman–Crippen LogP) is 1.87. The van der Waals surface area contributed by atoms with Gasteiger partial charge in [0.15, 0.2) is 0 Å². The van der Waals surface area contributed by atoms with Gasteiger partial charge in [-0.2, -0.15) is 0 Å². The van der Waals surface area contributed by atoms with Crippen molar-refractivity contribution in [2.45, 2.75) is 32.6 Å². The van der Waals surface area contributed by atoms with E-state index >= 15 is 0 Å². The molecular weight excluding hydrogens is 230 g/mol. The van der Waals surface area contributed by atoms with E-state index in [0.29, 0.717) is 6.61 Å². The van der Waals surface area contributed by atoms with Crippen LogP contribution in [0, 0.1) is 0 Å². The van der Waals surface area contributed by atoms with Crippen LogP contribution in [0.15, 0.2) is 0 Å². The Bertz CT molecular complexity index is 135. The minimum absolute atomic E-state index is 0. The van der Waals surface area contributed by atoms with Crippen LogP contribution in [0.3, 0.4) is 0 Å². The molecule has 1 radical (unpaired) electrons. The maximum Gasteiger partial charge on any atom is 0.697 e. The summed E-state index contributed by atoms with van der Waals surface area (Å²) < 4.78 is 20.3. The standard InChI is InChI=1S/C8H18O4P.K/c1-2-3-4-5-7-11-13(10)12-8-6-9;/h9H,2-8H2,1H3;/q+1;. The van der Waals surface area contributed by atoms with Crippen LogP contribution >= 0.6 is 8.25 Å². The predicted molar refractivity (Wildman–Crippen MR) is 56.5 cm³/mol. The topological polar surface area (TPSA) is 55.8 Å². The first-order valence-electron chi connectivity index (χ1n) is 4.65. The third kappa shape index (κ3) is 13.6. The van der Waals surface area contributed by atoms with E-state index in [1.807, 2.05) is 0 Å². The number of unbranched alkanes of at least 4 members (excludes halogenated alkanes) is 3. The summed E-state index contributed by atoms with van der Waals surface area (Å²) in [4.78, 5) is 0. The minimum Gasteiger partial charge on any atom is -0.394 e. The zero-order valence-electron chi connectivity index (χ0n) is 9.07. The van der Waals surface area contributed by atoms with E-state index in [9.17, 15) is 4.57 Å². The van der Waals surface area contributed by atoms with Crippen LogP contribution in [-0.4, -0.2) is 76.3 Å². The maximum atomic E-state index is 10.8. The van der Waals surface area contributed by atoms with Crippen molar-refractivity contribution in [2.75, 3.05) is 19.8 Å². The van der Waals surface area contributed by atoms with Gasteiger partial charge in [-0.1, -0.05) is 26.2 Å². The number of rotatable bonds is 9. The number of aliphatic hydroxyl groups is 1. The average molecular weight is 248 g/mol. The smallest absolute Gasteiger partial charge is 0.394 e. The molecule has 14 heavy (non-hydrogen) atoms. The fourth-order valence-corrected chi connectivity index (χ4v) is 1.40. The van der Waals surface area contributed by atoms with E-state index in [1.165, 1.54) is 12.8 Å². The molecular formula is C8H18KO4P+. The van der Waals surface area contributed by atoms with E-state index in [4.69, 9.17) is 9.63 Å². The molecule has 0 spiro atoms. The summed E-state index contributed by atoms with van der Waals surface area (Å²) in [5.41, 5.74) is 0. The normalized spacial score (nSPS) is 10.9. The van der Waals surface area contributed by atoms with E-state index < -0.39 is 8.25 Å². The monoisotopic (exact) mass is 248 g/mol. The molecule has 0 aliphatic heterocycles. The Kier molecular flexibility index (Phi) is 18.8. The molecule has 0 aliphatic carbocycles. The molecule has 0 fully saturated rings. The summed E-state index contributed by atoms with van der Waals surface area (Å²) in [6.07, 6.45) is 4.36. The molecule has 1 N–H and O–H groups in total. The van der Waals surface area contributed by atoms with Crippen molar-refractivity contribution in [3.05, 3.63) is 0 Å². The van der Waals surface area contributed by atoms with Crippen LogP contribution in [0.5, 0.6) is 0 Å². The first-order valence-corrected chi connectivity index (χ1v) is 5.74. The zero-order chi connectivity index (χ0) is 9.94. The largest absolute Gasteiger partial charge is 0.697 e. The Morgan fingerprint density at radius 2 is 1.79 bits per heavy atom.